The monoisotopic (exact) mass is 400 g/mol. The van der Waals surface area contributed by atoms with Crippen molar-refractivity contribution in [2.24, 2.45) is 5.41 Å². The Hall–Kier alpha value is -2.00. The summed E-state index contributed by atoms with van der Waals surface area (Å²) in [4.78, 5) is 29.4. The van der Waals surface area contributed by atoms with E-state index in [2.05, 4.69) is 15.5 Å². The molecule has 5 rings (SSSR count). The van der Waals surface area contributed by atoms with Crippen molar-refractivity contribution >= 4 is 17.5 Å². The Labute approximate surface area is 169 Å². The van der Waals surface area contributed by atoms with Gasteiger partial charge in [-0.1, -0.05) is 0 Å². The topological polar surface area (TPSA) is 105 Å². The van der Waals surface area contributed by atoms with Crippen LogP contribution in [0.2, 0.25) is 0 Å². The molecule has 4 N–H and O–H groups in total. The number of aliphatic hydroxyl groups is 2. The van der Waals surface area contributed by atoms with E-state index in [0.717, 1.165) is 49.6 Å². The smallest absolute Gasteiger partial charge is 0.262 e. The van der Waals surface area contributed by atoms with Gasteiger partial charge in [-0.05, 0) is 62.3 Å². The first-order valence-electron chi connectivity index (χ1n) is 10.6. The Morgan fingerprint density at radius 3 is 2.45 bits per heavy atom. The summed E-state index contributed by atoms with van der Waals surface area (Å²) in [5, 5.41) is 26.0. The van der Waals surface area contributed by atoms with Crippen LogP contribution in [0.5, 0.6) is 0 Å². The van der Waals surface area contributed by atoms with Gasteiger partial charge in [-0.15, -0.1) is 0 Å². The van der Waals surface area contributed by atoms with Crippen molar-refractivity contribution in [1.82, 2.24) is 15.5 Å². The van der Waals surface area contributed by atoms with Crippen molar-refractivity contribution in [1.29, 1.82) is 0 Å². The van der Waals surface area contributed by atoms with Gasteiger partial charge in [-0.2, -0.15) is 0 Å². The van der Waals surface area contributed by atoms with Crippen LogP contribution in [0.4, 0.5) is 5.69 Å². The van der Waals surface area contributed by atoms with Gasteiger partial charge in [-0.3, -0.25) is 19.8 Å². The van der Waals surface area contributed by atoms with Gasteiger partial charge in [-0.25, -0.2) is 0 Å². The molecule has 2 amide bonds. The highest BCUT2D eigenvalue weighted by Crippen LogP contribution is 2.39. The van der Waals surface area contributed by atoms with Crippen LogP contribution in [0, 0.1) is 5.41 Å². The Kier molecular flexibility index (Phi) is 4.62. The van der Waals surface area contributed by atoms with Crippen molar-refractivity contribution in [3.05, 3.63) is 29.3 Å². The number of anilines is 1. The van der Waals surface area contributed by atoms with Crippen LogP contribution in [0.15, 0.2) is 18.2 Å². The second kappa shape index (κ2) is 7.05. The SMILES string of the molecule is O=C1c2ccc(N3CCC4(CCNC4)CC3)cc2C(=O)N1C1CCC(O)NC1O. The minimum atomic E-state index is -1.13. The maximum absolute atomic E-state index is 13.0. The second-order valence-electron chi connectivity index (χ2n) is 8.90. The number of rotatable bonds is 2. The van der Waals surface area contributed by atoms with Crippen LogP contribution in [0.3, 0.4) is 0 Å². The number of benzene rings is 1. The molecule has 3 fully saturated rings. The molecule has 29 heavy (non-hydrogen) atoms. The van der Waals surface area contributed by atoms with Gasteiger partial charge in [0.25, 0.3) is 11.8 Å². The Balaban J connectivity index is 1.35. The third kappa shape index (κ3) is 3.15. The number of piperidine rings is 2. The van der Waals surface area contributed by atoms with Crippen LogP contribution in [-0.2, 0) is 0 Å². The highest BCUT2D eigenvalue weighted by Gasteiger charge is 2.45. The molecule has 1 aromatic rings. The van der Waals surface area contributed by atoms with Crippen molar-refractivity contribution < 1.29 is 19.8 Å². The summed E-state index contributed by atoms with van der Waals surface area (Å²) in [6.45, 7) is 4.11. The molecule has 3 atom stereocenters. The average molecular weight is 400 g/mol. The largest absolute Gasteiger partial charge is 0.379 e. The zero-order valence-electron chi connectivity index (χ0n) is 16.4. The number of aliphatic hydroxyl groups excluding tert-OH is 2. The first-order valence-corrected chi connectivity index (χ1v) is 10.6. The van der Waals surface area contributed by atoms with Crippen LogP contribution >= 0.6 is 0 Å². The Morgan fingerprint density at radius 1 is 1.00 bits per heavy atom. The van der Waals surface area contributed by atoms with E-state index in [1.165, 1.54) is 6.42 Å². The van der Waals surface area contributed by atoms with Crippen molar-refractivity contribution in [2.75, 3.05) is 31.1 Å². The van der Waals surface area contributed by atoms with E-state index >= 15 is 0 Å². The molecule has 4 aliphatic heterocycles. The third-order valence-corrected chi connectivity index (χ3v) is 7.22. The molecule has 0 radical (unpaired) electrons. The minimum absolute atomic E-state index is 0.359. The number of hydrogen-bond acceptors (Lipinski definition) is 7. The van der Waals surface area contributed by atoms with Gasteiger partial charge in [0.2, 0.25) is 0 Å². The van der Waals surface area contributed by atoms with E-state index in [4.69, 9.17) is 0 Å². The second-order valence-corrected chi connectivity index (χ2v) is 8.90. The lowest BCUT2D eigenvalue weighted by Gasteiger charge is -2.40. The molecule has 1 aromatic carbocycles. The summed E-state index contributed by atoms with van der Waals surface area (Å²) in [6.07, 6.45) is 2.32. The van der Waals surface area contributed by atoms with Gasteiger partial charge in [0.05, 0.1) is 17.2 Å². The molecule has 4 heterocycles. The molecule has 0 aromatic heterocycles. The van der Waals surface area contributed by atoms with E-state index in [1.54, 1.807) is 6.07 Å². The molecule has 8 nitrogen and oxygen atoms in total. The number of imide groups is 1. The normalized spacial score (nSPS) is 31.6. The molecular weight excluding hydrogens is 372 g/mol. The first-order chi connectivity index (χ1) is 14.0. The number of nitrogens with one attached hydrogen (secondary N) is 2. The molecule has 4 aliphatic rings. The molecule has 0 saturated carbocycles. The quantitative estimate of drug-likeness (QED) is 0.528. The number of nitrogens with zero attached hydrogens (tertiary/aromatic N) is 2. The summed E-state index contributed by atoms with van der Waals surface area (Å²) in [5.74, 6) is -0.726. The van der Waals surface area contributed by atoms with Gasteiger partial charge < -0.3 is 20.4 Å². The van der Waals surface area contributed by atoms with E-state index in [-0.39, 0.29) is 11.8 Å². The van der Waals surface area contributed by atoms with Crippen molar-refractivity contribution in [3.8, 4) is 0 Å². The van der Waals surface area contributed by atoms with Crippen LogP contribution in [0.1, 0.15) is 52.8 Å². The molecule has 0 bridgehead atoms. The fourth-order valence-corrected chi connectivity index (χ4v) is 5.36. The van der Waals surface area contributed by atoms with Crippen molar-refractivity contribution in [2.45, 2.75) is 50.6 Å². The van der Waals surface area contributed by atoms with E-state index in [0.29, 0.717) is 29.4 Å². The predicted octanol–water partition coefficient (Wildman–Crippen LogP) is 0.251. The number of hydrogen-bond donors (Lipinski definition) is 4. The molecule has 156 valence electrons. The molecular formula is C21H28N4O4. The molecule has 3 unspecified atom stereocenters. The zero-order valence-corrected chi connectivity index (χ0v) is 16.4. The Morgan fingerprint density at radius 2 is 1.76 bits per heavy atom. The molecule has 1 spiro atoms. The summed E-state index contributed by atoms with van der Waals surface area (Å²) in [7, 11) is 0. The maximum Gasteiger partial charge on any atom is 0.262 e. The maximum atomic E-state index is 13.0. The van der Waals surface area contributed by atoms with Gasteiger partial charge in [0, 0.05) is 25.3 Å². The third-order valence-electron chi connectivity index (χ3n) is 7.22. The predicted molar refractivity (Wildman–Crippen MR) is 106 cm³/mol. The highest BCUT2D eigenvalue weighted by atomic mass is 16.3. The number of amides is 2. The highest BCUT2D eigenvalue weighted by molar-refractivity contribution is 6.22. The van der Waals surface area contributed by atoms with Crippen LogP contribution < -0.4 is 15.5 Å². The molecule has 3 saturated heterocycles. The zero-order chi connectivity index (χ0) is 20.2. The number of carbonyl (C=O) groups excluding carboxylic acids is 2. The molecule has 0 aliphatic carbocycles. The van der Waals surface area contributed by atoms with Gasteiger partial charge >= 0.3 is 0 Å². The minimum Gasteiger partial charge on any atom is -0.379 e. The lowest BCUT2D eigenvalue weighted by molar-refractivity contribution is -0.0413. The van der Waals surface area contributed by atoms with Gasteiger partial charge in [0.1, 0.15) is 12.5 Å². The number of carbonyl (C=O) groups is 2. The fraction of sp³-hybridized carbons (Fsp3) is 0.619. The lowest BCUT2D eigenvalue weighted by atomic mass is 9.77. The van der Waals surface area contributed by atoms with E-state index < -0.39 is 18.5 Å². The van der Waals surface area contributed by atoms with Crippen LogP contribution in [0.25, 0.3) is 0 Å². The standard InChI is InChI=1S/C21H28N4O4/c26-17-4-3-16(18(27)23-17)25-19(28)14-2-1-13(11-15(14)20(25)29)24-9-6-21(7-10-24)5-8-22-12-21/h1-2,11,16-18,22-23,26-27H,3-10,12H2. The Bertz CT molecular complexity index is 828. The summed E-state index contributed by atoms with van der Waals surface area (Å²) in [5.41, 5.74) is 2.20. The summed E-state index contributed by atoms with van der Waals surface area (Å²) >= 11 is 0. The van der Waals surface area contributed by atoms with Crippen molar-refractivity contribution in [3.63, 3.8) is 0 Å². The first kappa shape index (κ1) is 19.0. The van der Waals surface area contributed by atoms with E-state index in [9.17, 15) is 19.8 Å². The fourth-order valence-electron chi connectivity index (χ4n) is 5.36. The summed E-state index contributed by atoms with van der Waals surface area (Å²) in [6, 6.07) is 4.83. The molecule has 8 heteroatoms. The number of fused-ring (bicyclic) bond motifs is 1. The summed E-state index contributed by atoms with van der Waals surface area (Å²) < 4.78 is 0. The average Bonchev–Trinajstić information content (AvgIpc) is 3.26. The van der Waals surface area contributed by atoms with E-state index in [1.807, 2.05) is 12.1 Å². The van der Waals surface area contributed by atoms with Gasteiger partial charge in [0.15, 0.2) is 0 Å². The van der Waals surface area contributed by atoms with Crippen LogP contribution in [-0.4, -0.2) is 71.6 Å². The lowest BCUT2D eigenvalue weighted by Crippen LogP contribution is -2.58.